The maximum absolute atomic E-state index is 13.8. The van der Waals surface area contributed by atoms with E-state index in [1.54, 1.807) is 23.5 Å². The Morgan fingerprint density at radius 1 is 1.30 bits per heavy atom. The Balaban J connectivity index is 1.65. The maximum atomic E-state index is 13.8. The third-order valence-corrected chi connectivity index (χ3v) is 4.49. The van der Waals surface area contributed by atoms with Crippen LogP contribution in [-0.4, -0.2) is 17.6 Å². The quantitative estimate of drug-likeness (QED) is 0.845. The SMILES string of the molecule is Fc1ccccc1CC(CNC1CC1)Cc1nccs1. The summed E-state index contributed by atoms with van der Waals surface area (Å²) in [6.07, 6.45) is 6.10. The summed E-state index contributed by atoms with van der Waals surface area (Å²) in [5.74, 6) is 0.307. The lowest BCUT2D eigenvalue weighted by Crippen LogP contribution is -2.27. The molecular weight excluding hydrogens is 271 g/mol. The first-order valence-electron chi connectivity index (χ1n) is 7.16. The van der Waals surface area contributed by atoms with Gasteiger partial charge in [0.15, 0.2) is 0 Å². The highest BCUT2D eigenvalue weighted by atomic mass is 32.1. The van der Waals surface area contributed by atoms with E-state index in [0.717, 1.165) is 30.0 Å². The average molecular weight is 290 g/mol. The fraction of sp³-hybridized carbons (Fsp3) is 0.438. The molecule has 106 valence electrons. The van der Waals surface area contributed by atoms with Gasteiger partial charge in [0.2, 0.25) is 0 Å². The monoisotopic (exact) mass is 290 g/mol. The van der Waals surface area contributed by atoms with Crippen LogP contribution < -0.4 is 5.32 Å². The number of halogens is 1. The van der Waals surface area contributed by atoms with Crippen LogP contribution in [0.1, 0.15) is 23.4 Å². The molecule has 0 radical (unpaired) electrons. The van der Waals surface area contributed by atoms with Crippen molar-refractivity contribution in [1.29, 1.82) is 0 Å². The van der Waals surface area contributed by atoms with Crippen LogP contribution in [0.25, 0.3) is 0 Å². The second-order valence-electron chi connectivity index (χ2n) is 5.47. The van der Waals surface area contributed by atoms with Crippen LogP contribution in [0.4, 0.5) is 4.39 Å². The molecule has 1 unspecified atom stereocenters. The van der Waals surface area contributed by atoms with Gasteiger partial charge in [0, 0.05) is 24.0 Å². The smallest absolute Gasteiger partial charge is 0.126 e. The lowest BCUT2D eigenvalue weighted by atomic mass is 9.96. The van der Waals surface area contributed by atoms with Gasteiger partial charge in [0.25, 0.3) is 0 Å². The Morgan fingerprint density at radius 3 is 2.85 bits per heavy atom. The van der Waals surface area contributed by atoms with Crippen molar-refractivity contribution in [3.8, 4) is 0 Å². The van der Waals surface area contributed by atoms with Crippen molar-refractivity contribution in [2.75, 3.05) is 6.54 Å². The third kappa shape index (κ3) is 3.87. The van der Waals surface area contributed by atoms with E-state index >= 15 is 0 Å². The van der Waals surface area contributed by atoms with Crippen molar-refractivity contribution in [3.05, 3.63) is 52.2 Å². The molecule has 0 spiro atoms. The molecule has 1 aromatic heterocycles. The summed E-state index contributed by atoms with van der Waals surface area (Å²) >= 11 is 1.68. The van der Waals surface area contributed by atoms with Gasteiger partial charge in [-0.1, -0.05) is 18.2 Å². The van der Waals surface area contributed by atoms with Crippen molar-refractivity contribution in [1.82, 2.24) is 10.3 Å². The van der Waals surface area contributed by atoms with Gasteiger partial charge < -0.3 is 5.32 Å². The van der Waals surface area contributed by atoms with Gasteiger partial charge in [-0.25, -0.2) is 9.37 Å². The van der Waals surface area contributed by atoms with E-state index in [4.69, 9.17) is 0 Å². The minimum Gasteiger partial charge on any atom is -0.314 e. The maximum Gasteiger partial charge on any atom is 0.126 e. The molecule has 2 nitrogen and oxygen atoms in total. The zero-order chi connectivity index (χ0) is 13.8. The Kier molecular flexibility index (Phi) is 4.43. The Morgan fingerprint density at radius 2 is 2.15 bits per heavy atom. The fourth-order valence-electron chi connectivity index (χ4n) is 2.41. The Hall–Kier alpha value is -1.26. The van der Waals surface area contributed by atoms with Crippen molar-refractivity contribution < 1.29 is 4.39 Å². The summed E-state index contributed by atoms with van der Waals surface area (Å²) in [5.41, 5.74) is 0.812. The average Bonchev–Trinajstić information content (AvgIpc) is 3.15. The molecular formula is C16H19FN2S. The van der Waals surface area contributed by atoms with Gasteiger partial charge in [-0.15, -0.1) is 11.3 Å². The minimum atomic E-state index is -0.0944. The van der Waals surface area contributed by atoms with Crippen LogP contribution in [0.2, 0.25) is 0 Å². The van der Waals surface area contributed by atoms with Crippen LogP contribution in [-0.2, 0) is 12.8 Å². The molecule has 3 rings (SSSR count). The van der Waals surface area contributed by atoms with E-state index in [1.165, 1.54) is 12.8 Å². The zero-order valence-corrected chi connectivity index (χ0v) is 12.2. The standard InChI is InChI=1S/C16H19FN2S/c17-15-4-2-1-3-13(15)9-12(11-19-14-5-6-14)10-16-18-7-8-20-16/h1-4,7-8,12,14,19H,5-6,9-11H2. The van der Waals surface area contributed by atoms with Gasteiger partial charge in [0.05, 0.1) is 5.01 Å². The van der Waals surface area contributed by atoms with Gasteiger partial charge >= 0.3 is 0 Å². The van der Waals surface area contributed by atoms with Gasteiger partial charge in [0.1, 0.15) is 5.82 Å². The number of hydrogen-bond donors (Lipinski definition) is 1. The first-order chi connectivity index (χ1) is 9.81. The molecule has 1 aliphatic rings. The molecule has 4 heteroatoms. The molecule has 1 N–H and O–H groups in total. The van der Waals surface area contributed by atoms with Crippen molar-refractivity contribution >= 4 is 11.3 Å². The van der Waals surface area contributed by atoms with Crippen molar-refractivity contribution in [3.63, 3.8) is 0 Å². The number of rotatable bonds is 7. The predicted octanol–water partition coefficient (Wildman–Crippen LogP) is 3.44. The third-order valence-electron chi connectivity index (χ3n) is 3.69. The molecule has 0 bridgehead atoms. The first-order valence-corrected chi connectivity index (χ1v) is 8.04. The van der Waals surface area contributed by atoms with E-state index in [9.17, 15) is 4.39 Å². The summed E-state index contributed by atoms with van der Waals surface area (Å²) in [5, 5.41) is 6.71. The summed E-state index contributed by atoms with van der Waals surface area (Å²) in [6, 6.07) is 7.78. The van der Waals surface area contributed by atoms with Gasteiger partial charge in [-0.05, 0) is 43.4 Å². The number of aromatic nitrogens is 1. The van der Waals surface area contributed by atoms with Crippen LogP contribution in [0.5, 0.6) is 0 Å². The largest absolute Gasteiger partial charge is 0.314 e. The van der Waals surface area contributed by atoms with Crippen molar-refractivity contribution in [2.45, 2.75) is 31.7 Å². The van der Waals surface area contributed by atoms with Crippen molar-refractivity contribution in [2.24, 2.45) is 5.92 Å². The molecule has 1 aromatic carbocycles. The van der Waals surface area contributed by atoms with E-state index in [-0.39, 0.29) is 5.82 Å². The summed E-state index contributed by atoms with van der Waals surface area (Å²) in [4.78, 5) is 4.36. The molecule has 1 heterocycles. The van der Waals surface area contributed by atoms with Gasteiger partial charge in [-0.3, -0.25) is 0 Å². The number of benzene rings is 1. The van der Waals surface area contributed by atoms with Crippen LogP contribution in [0, 0.1) is 11.7 Å². The number of thiazole rings is 1. The number of nitrogens with one attached hydrogen (secondary N) is 1. The minimum absolute atomic E-state index is 0.0944. The normalized spacial score (nSPS) is 16.2. The summed E-state index contributed by atoms with van der Waals surface area (Å²) < 4.78 is 13.8. The molecule has 2 aromatic rings. The number of nitrogens with zero attached hydrogens (tertiary/aromatic N) is 1. The second kappa shape index (κ2) is 6.46. The van der Waals surface area contributed by atoms with E-state index in [1.807, 2.05) is 23.7 Å². The molecule has 1 atom stereocenters. The Labute approximate surface area is 123 Å². The predicted molar refractivity (Wildman–Crippen MR) is 80.4 cm³/mol. The van der Waals surface area contributed by atoms with Crippen LogP contribution in [0.15, 0.2) is 35.8 Å². The molecule has 20 heavy (non-hydrogen) atoms. The summed E-state index contributed by atoms with van der Waals surface area (Å²) in [6.45, 7) is 0.943. The summed E-state index contributed by atoms with van der Waals surface area (Å²) in [7, 11) is 0. The van der Waals surface area contributed by atoms with Crippen LogP contribution in [0.3, 0.4) is 0 Å². The highest BCUT2D eigenvalue weighted by Crippen LogP contribution is 2.22. The molecule has 1 fully saturated rings. The topological polar surface area (TPSA) is 24.9 Å². The Bertz CT molecular complexity index is 537. The lowest BCUT2D eigenvalue weighted by Gasteiger charge is -2.17. The zero-order valence-electron chi connectivity index (χ0n) is 11.4. The molecule has 1 saturated carbocycles. The van der Waals surface area contributed by atoms with E-state index in [0.29, 0.717) is 12.0 Å². The first kappa shape index (κ1) is 13.7. The molecule has 0 amide bonds. The number of hydrogen-bond acceptors (Lipinski definition) is 3. The fourth-order valence-corrected chi connectivity index (χ4v) is 3.15. The lowest BCUT2D eigenvalue weighted by molar-refractivity contribution is 0.458. The highest BCUT2D eigenvalue weighted by Gasteiger charge is 2.22. The highest BCUT2D eigenvalue weighted by molar-refractivity contribution is 7.09. The second-order valence-corrected chi connectivity index (χ2v) is 6.45. The molecule has 0 aliphatic heterocycles. The van der Waals surface area contributed by atoms with E-state index < -0.39 is 0 Å². The van der Waals surface area contributed by atoms with E-state index in [2.05, 4.69) is 10.3 Å². The molecule has 0 saturated heterocycles. The molecule has 1 aliphatic carbocycles. The van der Waals surface area contributed by atoms with Gasteiger partial charge in [-0.2, -0.15) is 0 Å². The van der Waals surface area contributed by atoms with Crippen LogP contribution >= 0.6 is 11.3 Å².